The van der Waals surface area contributed by atoms with Crippen molar-refractivity contribution in [3.8, 4) is 0 Å². The molecule has 1 aromatic rings. The molecule has 2 fully saturated rings. The van der Waals surface area contributed by atoms with E-state index in [1.54, 1.807) is 0 Å². The van der Waals surface area contributed by atoms with Crippen molar-refractivity contribution in [1.82, 2.24) is 4.90 Å². The first-order valence-electron chi connectivity index (χ1n) is 6.82. The average molecular weight is 280 g/mol. The zero-order valence-electron chi connectivity index (χ0n) is 11.0. The van der Waals surface area contributed by atoms with Crippen molar-refractivity contribution in [2.45, 2.75) is 31.9 Å². The fraction of sp³-hybridized carbons (Fsp3) is 0.533. The maximum Gasteiger partial charge on any atom is 0.226 e. The Kier molecular flexibility index (Phi) is 3.50. The van der Waals surface area contributed by atoms with Gasteiger partial charge in [0.05, 0.1) is 19.2 Å². The minimum Gasteiger partial charge on any atom is -0.370 e. The third-order valence-corrected chi connectivity index (χ3v) is 4.10. The zero-order chi connectivity index (χ0) is 13.4. The number of halogens is 1. The predicted octanol–water partition coefficient (Wildman–Crippen LogP) is 3.04. The largest absolute Gasteiger partial charge is 0.370 e. The molecule has 0 radical (unpaired) electrons. The van der Waals surface area contributed by atoms with Crippen LogP contribution in [0.2, 0.25) is 5.02 Å². The molecule has 1 saturated carbocycles. The average Bonchev–Trinajstić information content (AvgIpc) is 3.23. The number of ether oxygens (including phenoxy) is 1. The maximum absolute atomic E-state index is 12.3. The van der Waals surface area contributed by atoms with E-state index in [-0.39, 0.29) is 18.1 Å². The SMILES string of the molecule is C[C@H]1CO[C@@H](c2cccc(Cl)c2)CN1C(=O)C1CC1. The molecule has 102 valence electrons. The third-order valence-electron chi connectivity index (χ3n) is 3.86. The normalized spacial score (nSPS) is 27.4. The molecule has 19 heavy (non-hydrogen) atoms. The predicted molar refractivity (Wildman–Crippen MR) is 74.0 cm³/mol. The van der Waals surface area contributed by atoms with E-state index in [2.05, 4.69) is 6.92 Å². The summed E-state index contributed by atoms with van der Waals surface area (Å²) in [7, 11) is 0. The molecule has 2 atom stereocenters. The molecular weight excluding hydrogens is 262 g/mol. The van der Waals surface area contributed by atoms with E-state index < -0.39 is 0 Å². The highest BCUT2D eigenvalue weighted by Crippen LogP contribution is 2.34. The highest BCUT2D eigenvalue weighted by atomic mass is 35.5. The summed E-state index contributed by atoms with van der Waals surface area (Å²) in [5.74, 6) is 0.559. The molecule has 1 aliphatic carbocycles. The van der Waals surface area contributed by atoms with Gasteiger partial charge in [-0.15, -0.1) is 0 Å². The van der Waals surface area contributed by atoms with Crippen molar-refractivity contribution in [3.63, 3.8) is 0 Å². The summed E-state index contributed by atoms with van der Waals surface area (Å²) in [6, 6.07) is 7.87. The molecule has 0 bridgehead atoms. The van der Waals surface area contributed by atoms with Crippen molar-refractivity contribution in [3.05, 3.63) is 34.9 Å². The van der Waals surface area contributed by atoms with Crippen LogP contribution < -0.4 is 0 Å². The van der Waals surface area contributed by atoms with Crippen molar-refractivity contribution in [2.75, 3.05) is 13.2 Å². The summed E-state index contributed by atoms with van der Waals surface area (Å²) in [4.78, 5) is 14.2. The van der Waals surface area contributed by atoms with E-state index in [4.69, 9.17) is 16.3 Å². The first-order chi connectivity index (χ1) is 9.15. The molecule has 1 saturated heterocycles. The van der Waals surface area contributed by atoms with Crippen LogP contribution in [0, 0.1) is 5.92 Å². The van der Waals surface area contributed by atoms with Crippen molar-refractivity contribution >= 4 is 17.5 Å². The molecular formula is C15H18ClNO2. The minimum absolute atomic E-state index is 0.0578. The standard InChI is InChI=1S/C15H18ClNO2/c1-10-9-19-14(12-3-2-4-13(16)7-12)8-17(10)15(18)11-5-6-11/h2-4,7,10-11,14H,5-6,8-9H2,1H3/t10-,14+/m0/s1. The first kappa shape index (κ1) is 12.9. The Morgan fingerprint density at radius 2 is 2.21 bits per heavy atom. The highest BCUT2D eigenvalue weighted by Gasteiger charge is 2.38. The van der Waals surface area contributed by atoms with Gasteiger partial charge in [0.1, 0.15) is 6.10 Å². The van der Waals surface area contributed by atoms with Gasteiger partial charge in [-0.05, 0) is 37.5 Å². The molecule has 2 aliphatic rings. The van der Waals surface area contributed by atoms with Crippen LogP contribution in [0.3, 0.4) is 0 Å². The summed E-state index contributed by atoms with van der Waals surface area (Å²) in [6.07, 6.45) is 2.03. The van der Waals surface area contributed by atoms with E-state index in [1.807, 2.05) is 29.2 Å². The van der Waals surface area contributed by atoms with Gasteiger partial charge in [0, 0.05) is 10.9 Å². The van der Waals surface area contributed by atoms with Crippen LogP contribution in [-0.4, -0.2) is 30.0 Å². The second-order valence-electron chi connectivity index (χ2n) is 5.49. The lowest BCUT2D eigenvalue weighted by Crippen LogP contribution is -2.48. The second-order valence-corrected chi connectivity index (χ2v) is 5.93. The number of hydrogen-bond donors (Lipinski definition) is 0. The molecule has 1 aliphatic heterocycles. The number of benzene rings is 1. The number of rotatable bonds is 2. The lowest BCUT2D eigenvalue weighted by atomic mass is 10.1. The molecule has 0 spiro atoms. The zero-order valence-corrected chi connectivity index (χ0v) is 11.8. The quantitative estimate of drug-likeness (QED) is 0.833. The Bertz CT molecular complexity index is 487. The van der Waals surface area contributed by atoms with Crippen LogP contribution in [0.15, 0.2) is 24.3 Å². The van der Waals surface area contributed by atoms with E-state index in [9.17, 15) is 4.79 Å². The van der Waals surface area contributed by atoms with E-state index >= 15 is 0 Å². The van der Waals surface area contributed by atoms with E-state index in [0.717, 1.165) is 18.4 Å². The van der Waals surface area contributed by atoms with Gasteiger partial charge in [-0.2, -0.15) is 0 Å². The fourth-order valence-electron chi connectivity index (χ4n) is 2.54. The Morgan fingerprint density at radius 1 is 1.42 bits per heavy atom. The summed E-state index contributed by atoms with van der Waals surface area (Å²) >= 11 is 6.02. The summed E-state index contributed by atoms with van der Waals surface area (Å²) in [5.41, 5.74) is 1.05. The lowest BCUT2D eigenvalue weighted by Gasteiger charge is -2.38. The summed E-state index contributed by atoms with van der Waals surface area (Å²) in [5, 5.41) is 0.708. The van der Waals surface area contributed by atoms with Gasteiger partial charge in [-0.3, -0.25) is 4.79 Å². The van der Waals surface area contributed by atoms with Crippen molar-refractivity contribution < 1.29 is 9.53 Å². The molecule has 1 aromatic carbocycles. The fourth-order valence-corrected chi connectivity index (χ4v) is 2.74. The monoisotopic (exact) mass is 279 g/mol. The number of morpholine rings is 1. The Balaban J connectivity index is 1.75. The molecule has 1 heterocycles. The summed E-state index contributed by atoms with van der Waals surface area (Å²) < 4.78 is 5.86. The van der Waals surface area contributed by atoms with Crippen molar-refractivity contribution in [2.24, 2.45) is 5.92 Å². The number of carbonyl (C=O) groups is 1. The molecule has 1 amide bonds. The second kappa shape index (κ2) is 5.14. The Labute approximate surface area is 118 Å². The first-order valence-corrected chi connectivity index (χ1v) is 7.20. The van der Waals surface area contributed by atoms with Crippen LogP contribution in [0.4, 0.5) is 0 Å². The maximum atomic E-state index is 12.3. The van der Waals surface area contributed by atoms with E-state index in [0.29, 0.717) is 24.1 Å². The molecule has 0 aromatic heterocycles. The van der Waals surface area contributed by atoms with Gasteiger partial charge in [0.15, 0.2) is 0 Å². The minimum atomic E-state index is -0.0578. The van der Waals surface area contributed by atoms with Crippen LogP contribution >= 0.6 is 11.6 Å². The molecule has 0 N–H and O–H groups in total. The number of hydrogen-bond acceptors (Lipinski definition) is 2. The highest BCUT2D eigenvalue weighted by molar-refractivity contribution is 6.30. The molecule has 3 rings (SSSR count). The van der Waals surface area contributed by atoms with Gasteiger partial charge in [0.2, 0.25) is 5.91 Å². The van der Waals surface area contributed by atoms with Gasteiger partial charge in [-0.25, -0.2) is 0 Å². The van der Waals surface area contributed by atoms with Gasteiger partial charge >= 0.3 is 0 Å². The van der Waals surface area contributed by atoms with Gasteiger partial charge < -0.3 is 9.64 Å². The Hall–Kier alpha value is -1.06. The number of amides is 1. The van der Waals surface area contributed by atoms with Crippen molar-refractivity contribution in [1.29, 1.82) is 0 Å². The topological polar surface area (TPSA) is 29.5 Å². The molecule has 3 nitrogen and oxygen atoms in total. The Morgan fingerprint density at radius 3 is 2.89 bits per heavy atom. The lowest BCUT2D eigenvalue weighted by molar-refractivity contribution is -0.145. The number of carbonyl (C=O) groups excluding carboxylic acids is 1. The van der Waals surface area contributed by atoms with E-state index in [1.165, 1.54) is 0 Å². The van der Waals surface area contributed by atoms with Crippen LogP contribution in [0.5, 0.6) is 0 Å². The van der Waals surface area contributed by atoms with Crippen LogP contribution in [0.25, 0.3) is 0 Å². The third kappa shape index (κ3) is 2.77. The van der Waals surface area contributed by atoms with Gasteiger partial charge in [-0.1, -0.05) is 23.7 Å². The number of nitrogens with zero attached hydrogens (tertiary/aromatic N) is 1. The van der Waals surface area contributed by atoms with Crippen LogP contribution in [-0.2, 0) is 9.53 Å². The smallest absolute Gasteiger partial charge is 0.226 e. The van der Waals surface area contributed by atoms with Gasteiger partial charge in [0.25, 0.3) is 0 Å². The summed E-state index contributed by atoms with van der Waals surface area (Å²) in [6.45, 7) is 3.28. The van der Waals surface area contributed by atoms with Crippen LogP contribution in [0.1, 0.15) is 31.4 Å². The molecule has 4 heteroatoms. The molecule has 0 unspecified atom stereocenters.